The van der Waals surface area contributed by atoms with Gasteiger partial charge < -0.3 is 15.3 Å². The second-order valence-corrected chi connectivity index (χ2v) is 7.97. The highest BCUT2D eigenvalue weighted by Crippen LogP contribution is 2.47. The molecule has 1 heterocycles. The number of nitrogen functional groups attached to an aromatic ring is 1. The number of alkyl halides is 1. The summed E-state index contributed by atoms with van der Waals surface area (Å²) in [6.07, 6.45) is 5.90. The van der Waals surface area contributed by atoms with Gasteiger partial charge >= 0.3 is 0 Å². The summed E-state index contributed by atoms with van der Waals surface area (Å²) in [6, 6.07) is 11.1. The van der Waals surface area contributed by atoms with E-state index in [1.807, 2.05) is 49.4 Å². The molecule has 4 nitrogen and oxygen atoms in total. The fraction of sp³-hybridized carbons (Fsp3) is 0.190. The molecule has 0 aliphatic heterocycles. The first-order valence-electron chi connectivity index (χ1n) is 8.53. The summed E-state index contributed by atoms with van der Waals surface area (Å²) >= 11 is 13.3. The van der Waals surface area contributed by atoms with Crippen molar-refractivity contribution in [3.63, 3.8) is 0 Å². The predicted octanol–water partition coefficient (Wildman–Crippen LogP) is 5.29. The van der Waals surface area contributed by atoms with Gasteiger partial charge in [0.05, 0.1) is 22.4 Å². The fourth-order valence-electron chi connectivity index (χ4n) is 3.46. The van der Waals surface area contributed by atoms with Gasteiger partial charge in [-0.05, 0) is 47.9 Å². The van der Waals surface area contributed by atoms with Gasteiger partial charge in [-0.25, -0.2) is 4.98 Å². The quantitative estimate of drug-likeness (QED) is 0.462. The van der Waals surface area contributed by atoms with Crippen molar-refractivity contribution < 1.29 is 9.52 Å². The molecule has 4 rings (SSSR count). The van der Waals surface area contributed by atoms with Crippen LogP contribution in [0.3, 0.4) is 0 Å². The Morgan fingerprint density at radius 3 is 2.85 bits per heavy atom. The van der Waals surface area contributed by atoms with E-state index in [4.69, 9.17) is 33.4 Å². The number of fused-ring (bicyclic) bond motifs is 1. The number of allylic oxidation sites excluding steroid dienone is 4. The number of halogens is 2. The molecule has 27 heavy (non-hydrogen) atoms. The van der Waals surface area contributed by atoms with E-state index < -0.39 is 4.87 Å². The molecule has 0 saturated carbocycles. The minimum absolute atomic E-state index is 0.114. The van der Waals surface area contributed by atoms with E-state index in [1.165, 1.54) is 0 Å². The van der Waals surface area contributed by atoms with E-state index in [2.05, 4.69) is 4.98 Å². The Morgan fingerprint density at radius 1 is 1.30 bits per heavy atom. The van der Waals surface area contributed by atoms with Crippen molar-refractivity contribution in [1.29, 1.82) is 0 Å². The van der Waals surface area contributed by atoms with Crippen LogP contribution < -0.4 is 5.73 Å². The molecule has 1 aromatic heterocycles. The fourth-order valence-corrected chi connectivity index (χ4v) is 4.07. The molecule has 0 radical (unpaired) electrons. The van der Waals surface area contributed by atoms with Crippen LogP contribution in [-0.2, 0) is 6.61 Å². The molecule has 1 aliphatic rings. The molecule has 3 N–H and O–H groups in total. The van der Waals surface area contributed by atoms with Gasteiger partial charge in [-0.15, -0.1) is 11.6 Å². The summed E-state index contributed by atoms with van der Waals surface area (Å²) < 4.78 is 5.97. The first-order valence-corrected chi connectivity index (χ1v) is 9.29. The Labute approximate surface area is 166 Å². The van der Waals surface area contributed by atoms with E-state index in [1.54, 1.807) is 12.1 Å². The van der Waals surface area contributed by atoms with Gasteiger partial charge in [-0.1, -0.05) is 42.0 Å². The molecule has 0 saturated heterocycles. The lowest BCUT2D eigenvalue weighted by Gasteiger charge is -2.33. The van der Waals surface area contributed by atoms with E-state index in [0.717, 1.165) is 11.1 Å². The number of aliphatic hydroxyl groups is 1. The summed E-state index contributed by atoms with van der Waals surface area (Å²) in [5.74, 6) is 0.187. The van der Waals surface area contributed by atoms with Crippen LogP contribution in [0.4, 0.5) is 5.69 Å². The smallest absolute Gasteiger partial charge is 0.204 e. The van der Waals surface area contributed by atoms with Crippen molar-refractivity contribution in [3.8, 4) is 0 Å². The zero-order valence-corrected chi connectivity index (χ0v) is 16.1. The zero-order valence-electron chi connectivity index (χ0n) is 14.6. The van der Waals surface area contributed by atoms with E-state index >= 15 is 0 Å². The lowest BCUT2D eigenvalue weighted by molar-refractivity contribution is 0.282. The van der Waals surface area contributed by atoms with Crippen LogP contribution in [0.1, 0.15) is 29.9 Å². The molecule has 6 heteroatoms. The number of rotatable bonds is 3. The van der Waals surface area contributed by atoms with Crippen molar-refractivity contribution in [2.75, 3.05) is 5.73 Å². The highest BCUT2D eigenvalue weighted by atomic mass is 35.5. The van der Waals surface area contributed by atoms with Gasteiger partial charge in [0.15, 0.2) is 5.58 Å². The van der Waals surface area contributed by atoms with Crippen LogP contribution >= 0.6 is 23.2 Å². The van der Waals surface area contributed by atoms with E-state index in [0.29, 0.717) is 33.3 Å². The lowest BCUT2D eigenvalue weighted by Crippen LogP contribution is -2.29. The van der Waals surface area contributed by atoms with Crippen LogP contribution in [0.25, 0.3) is 16.7 Å². The third-order valence-electron chi connectivity index (χ3n) is 4.84. The highest BCUT2D eigenvalue weighted by molar-refractivity contribution is 6.34. The molecule has 0 amide bonds. The minimum Gasteiger partial charge on any atom is -0.438 e. The summed E-state index contributed by atoms with van der Waals surface area (Å²) in [5, 5.41) is 9.79. The summed E-state index contributed by atoms with van der Waals surface area (Å²) in [5.41, 5.74) is 10.3. The van der Waals surface area contributed by atoms with Crippen LogP contribution in [-0.4, -0.2) is 15.0 Å². The lowest BCUT2D eigenvalue weighted by atomic mass is 9.79. The van der Waals surface area contributed by atoms with Crippen LogP contribution in [0.2, 0.25) is 5.02 Å². The maximum Gasteiger partial charge on any atom is 0.204 e. The number of benzene rings is 2. The number of oxazole rings is 1. The third kappa shape index (κ3) is 3.14. The monoisotopic (exact) mass is 400 g/mol. The molecule has 2 atom stereocenters. The summed E-state index contributed by atoms with van der Waals surface area (Å²) in [4.78, 5) is 3.82. The molecular weight excluding hydrogens is 383 g/mol. The molecule has 0 bridgehead atoms. The van der Waals surface area contributed by atoms with E-state index in [9.17, 15) is 5.11 Å². The third-order valence-corrected chi connectivity index (χ3v) is 5.56. The van der Waals surface area contributed by atoms with Gasteiger partial charge in [0.2, 0.25) is 5.89 Å². The Kier molecular flexibility index (Phi) is 4.50. The number of aromatic nitrogens is 1. The highest BCUT2D eigenvalue weighted by Gasteiger charge is 2.40. The second kappa shape index (κ2) is 6.71. The maximum absolute atomic E-state index is 9.38. The second-order valence-electron chi connectivity index (χ2n) is 6.78. The van der Waals surface area contributed by atoms with Crippen molar-refractivity contribution >= 4 is 45.6 Å². The van der Waals surface area contributed by atoms with Crippen molar-refractivity contribution in [3.05, 3.63) is 76.7 Å². The van der Waals surface area contributed by atoms with Gasteiger partial charge in [0.1, 0.15) is 5.52 Å². The van der Waals surface area contributed by atoms with Gasteiger partial charge in [-0.3, -0.25) is 0 Å². The van der Waals surface area contributed by atoms with Crippen molar-refractivity contribution in [1.82, 2.24) is 4.98 Å². The number of anilines is 1. The molecule has 0 fully saturated rings. The first kappa shape index (κ1) is 18.1. The number of hydrogen-bond acceptors (Lipinski definition) is 4. The summed E-state index contributed by atoms with van der Waals surface area (Å²) in [6.45, 7) is 1.82. The van der Waals surface area contributed by atoms with Crippen LogP contribution in [0.5, 0.6) is 0 Å². The minimum atomic E-state index is -0.782. The SMILES string of the molecule is CC1(Cl)C(c2cccc(N)c2)=CC=CC1c1nc2cc(CO)cc(Cl)c2o1. The van der Waals surface area contributed by atoms with Gasteiger partial charge in [-0.2, -0.15) is 0 Å². The molecule has 1 aliphatic carbocycles. The average molecular weight is 401 g/mol. The van der Waals surface area contributed by atoms with Crippen LogP contribution in [0.15, 0.2) is 59.0 Å². The molecule has 3 aromatic rings. The van der Waals surface area contributed by atoms with Gasteiger partial charge in [0, 0.05) is 5.69 Å². The molecular formula is C21H18Cl2N2O2. The molecule has 2 aromatic carbocycles. The van der Waals surface area contributed by atoms with Crippen LogP contribution in [0, 0.1) is 0 Å². The topological polar surface area (TPSA) is 72.3 Å². The number of hydrogen-bond donors (Lipinski definition) is 2. The first-order chi connectivity index (χ1) is 12.9. The Bertz CT molecular complexity index is 1080. The zero-order chi connectivity index (χ0) is 19.2. The van der Waals surface area contributed by atoms with E-state index in [-0.39, 0.29) is 12.5 Å². The average Bonchev–Trinajstić information content (AvgIpc) is 3.05. The molecule has 2 unspecified atom stereocenters. The molecule has 0 spiro atoms. The number of nitrogens with zero attached hydrogens (tertiary/aromatic N) is 1. The number of aliphatic hydroxyl groups excluding tert-OH is 1. The maximum atomic E-state index is 9.38. The standard InChI is InChI=1S/C21H18Cl2N2O2/c1-21(23)15(13-4-2-5-14(24)10-13)6-3-7-16(21)20-25-18-9-12(11-26)8-17(22)19(18)27-20/h2-10,16,26H,11,24H2,1H3. The number of nitrogens with two attached hydrogens (primary N) is 1. The van der Waals surface area contributed by atoms with Gasteiger partial charge in [0.25, 0.3) is 0 Å². The molecule has 138 valence electrons. The Hall–Kier alpha value is -2.27. The summed E-state index contributed by atoms with van der Waals surface area (Å²) in [7, 11) is 0. The predicted molar refractivity (Wildman–Crippen MR) is 110 cm³/mol. The van der Waals surface area contributed by atoms with Crippen molar-refractivity contribution in [2.24, 2.45) is 0 Å². The Morgan fingerprint density at radius 2 is 2.11 bits per heavy atom. The Balaban J connectivity index is 1.79. The normalized spacial score (nSPS) is 22.2. The largest absolute Gasteiger partial charge is 0.438 e. The van der Waals surface area contributed by atoms with Crippen molar-refractivity contribution in [2.45, 2.75) is 24.3 Å².